The summed E-state index contributed by atoms with van der Waals surface area (Å²) in [6.45, 7) is 3.47. The van der Waals surface area contributed by atoms with E-state index in [2.05, 4.69) is 10.6 Å². The van der Waals surface area contributed by atoms with Gasteiger partial charge in [-0.2, -0.15) is 0 Å². The SMILES string of the molecule is Cc1cccc(C)c1NC(=O)CNC(=O)c1cc(F)c(Cl)cc1Cl. The van der Waals surface area contributed by atoms with E-state index in [0.717, 1.165) is 23.3 Å². The van der Waals surface area contributed by atoms with Gasteiger partial charge in [-0.15, -0.1) is 0 Å². The van der Waals surface area contributed by atoms with Crippen LogP contribution in [-0.2, 0) is 4.79 Å². The fourth-order valence-corrected chi connectivity index (χ4v) is 2.62. The predicted molar refractivity (Wildman–Crippen MR) is 93.3 cm³/mol. The zero-order valence-corrected chi connectivity index (χ0v) is 14.6. The predicted octanol–water partition coefficient (Wildman–Crippen LogP) is 4.12. The molecule has 2 amide bonds. The molecule has 0 atom stereocenters. The number of carbonyl (C=O) groups is 2. The molecule has 0 aromatic heterocycles. The van der Waals surface area contributed by atoms with Gasteiger partial charge in [0.15, 0.2) is 0 Å². The molecule has 126 valence electrons. The van der Waals surface area contributed by atoms with Crippen molar-refractivity contribution in [1.29, 1.82) is 0 Å². The smallest absolute Gasteiger partial charge is 0.253 e. The lowest BCUT2D eigenvalue weighted by atomic mass is 10.1. The van der Waals surface area contributed by atoms with E-state index >= 15 is 0 Å². The quantitative estimate of drug-likeness (QED) is 0.797. The summed E-state index contributed by atoms with van der Waals surface area (Å²) in [6.07, 6.45) is 0. The van der Waals surface area contributed by atoms with Crippen LogP contribution in [0.15, 0.2) is 30.3 Å². The average Bonchev–Trinajstić information content (AvgIpc) is 2.52. The maximum atomic E-state index is 13.4. The van der Waals surface area contributed by atoms with E-state index < -0.39 is 17.6 Å². The Hall–Kier alpha value is -2.11. The van der Waals surface area contributed by atoms with Gasteiger partial charge in [0.05, 0.1) is 22.2 Å². The Bertz CT molecular complexity index is 789. The van der Waals surface area contributed by atoms with Gasteiger partial charge in [-0.3, -0.25) is 9.59 Å². The van der Waals surface area contributed by atoms with Gasteiger partial charge in [0.2, 0.25) is 5.91 Å². The summed E-state index contributed by atoms with van der Waals surface area (Å²) < 4.78 is 13.4. The Kier molecular flexibility index (Phi) is 5.80. The maximum Gasteiger partial charge on any atom is 0.253 e. The summed E-state index contributed by atoms with van der Waals surface area (Å²) in [6, 6.07) is 7.71. The molecule has 0 radical (unpaired) electrons. The van der Waals surface area contributed by atoms with Crippen LogP contribution < -0.4 is 10.6 Å². The van der Waals surface area contributed by atoms with Crippen LogP contribution in [0.2, 0.25) is 10.0 Å². The third-order valence-corrected chi connectivity index (χ3v) is 4.01. The molecule has 0 fully saturated rings. The van der Waals surface area contributed by atoms with Crippen LogP contribution >= 0.6 is 23.2 Å². The molecule has 0 aliphatic rings. The molecule has 0 saturated carbocycles. The van der Waals surface area contributed by atoms with Crippen LogP contribution in [0, 0.1) is 19.7 Å². The highest BCUT2D eigenvalue weighted by Crippen LogP contribution is 2.24. The number of benzene rings is 2. The number of amides is 2. The number of carbonyl (C=O) groups excluding carboxylic acids is 2. The Morgan fingerprint density at radius 1 is 1.08 bits per heavy atom. The van der Waals surface area contributed by atoms with Crippen molar-refractivity contribution in [2.45, 2.75) is 13.8 Å². The van der Waals surface area contributed by atoms with Gasteiger partial charge in [0, 0.05) is 5.69 Å². The second-order valence-electron chi connectivity index (χ2n) is 5.24. The summed E-state index contributed by atoms with van der Waals surface area (Å²) in [5.74, 6) is -1.82. The van der Waals surface area contributed by atoms with E-state index in [0.29, 0.717) is 5.69 Å². The first-order valence-corrected chi connectivity index (χ1v) is 7.84. The molecule has 4 nitrogen and oxygen atoms in total. The van der Waals surface area contributed by atoms with Crippen LogP contribution in [0.1, 0.15) is 21.5 Å². The maximum absolute atomic E-state index is 13.4. The minimum Gasteiger partial charge on any atom is -0.343 e. The third-order valence-electron chi connectivity index (χ3n) is 3.41. The van der Waals surface area contributed by atoms with Gasteiger partial charge in [-0.1, -0.05) is 41.4 Å². The average molecular weight is 369 g/mol. The van der Waals surface area contributed by atoms with E-state index in [1.165, 1.54) is 0 Å². The Morgan fingerprint density at radius 2 is 1.71 bits per heavy atom. The fourth-order valence-electron chi connectivity index (χ4n) is 2.15. The molecule has 7 heteroatoms. The molecule has 0 aliphatic heterocycles. The zero-order chi connectivity index (χ0) is 17.9. The molecule has 24 heavy (non-hydrogen) atoms. The van der Waals surface area contributed by atoms with Crippen molar-refractivity contribution in [3.05, 3.63) is 62.9 Å². The van der Waals surface area contributed by atoms with Gasteiger partial charge in [-0.05, 0) is 37.1 Å². The summed E-state index contributed by atoms with van der Waals surface area (Å²) in [7, 11) is 0. The molecule has 2 rings (SSSR count). The van der Waals surface area contributed by atoms with E-state index in [1.54, 1.807) is 0 Å². The van der Waals surface area contributed by atoms with Crippen LogP contribution in [0.5, 0.6) is 0 Å². The Morgan fingerprint density at radius 3 is 2.33 bits per heavy atom. The van der Waals surface area contributed by atoms with Crippen molar-refractivity contribution >= 4 is 40.7 Å². The second-order valence-corrected chi connectivity index (χ2v) is 6.06. The molecule has 2 aromatic carbocycles. The van der Waals surface area contributed by atoms with E-state index in [9.17, 15) is 14.0 Å². The lowest BCUT2D eigenvalue weighted by Gasteiger charge is -2.12. The number of nitrogens with one attached hydrogen (secondary N) is 2. The first-order valence-electron chi connectivity index (χ1n) is 7.08. The molecule has 0 spiro atoms. The van der Waals surface area contributed by atoms with E-state index in [-0.39, 0.29) is 22.2 Å². The van der Waals surface area contributed by atoms with Crippen molar-refractivity contribution in [1.82, 2.24) is 5.32 Å². The molecule has 0 bridgehead atoms. The molecule has 0 unspecified atom stereocenters. The summed E-state index contributed by atoms with van der Waals surface area (Å²) in [5, 5.41) is 4.97. The molecular weight excluding hydrogens is 354 g/mol. The second kappa shape index (κ2) is 7.64. The normalized spacial score (nSPS) is 10.4. The van der Waals surface area contributed by atoms with Gasteiger partial charge in [-0.25, -0.2) is 4.39 Å². The number of halogens is 3. The van der Waals surface area contributed by atoms with Gasteiger partial charge in [0.25, 0.3) is 5.91 Å². The highest BCUT2D eigenvalue weighted by molar-refractivity contribution is 6.36. The third kappa shape index (κ3) is 4.24. The molecular formula is C17H15Cl2FN2O2. The number of hydrogen-bond donors (Lipinski definition) is 2. The number of para-hydroxylation sites is 1. The highest BCUT2D eigenvalue weighted by atomic mass is 35.5. The van der Waals surface area contributed by atoms with E-state index in [4.69, 9.17) is 23.2 Å². The number of hydrogen-bond acceptors (Lipinski definition) is 2. The Balaban J connectivity index is 2.02. The topological polar surface area (TPSA) is 58.2 Å². The van der Waals surface area contributed by atoms with Gasteiger partial charge < -0.3 is 10.6 Å². The first kappa shape index (κ1) is 18.2. The number of aryl methyl sites for hydroxylation is 2. The lowest BCUT2D eigenvalue weighted by molar-refractivity contribution is -0.115. The standard InChI is InChI=1S/C17H15Cl2FN2O2/c1-9-4-3-5-10(2)16(9)22-15(23)8-21-17(24)11-6-14(20)13(19)7-12(11)18/h3-7H,8H2,1-2H3,(H,21,24)(H,22,23). The first-order chi connectivity index (χ1) is 11.3. The zero-order valence-electron chi connectivity index (χ0n) is 13.0. The minimum absolute atomic E-state index is 0.00839. The van der Waals surface area contributed by atoms with Crippen LogP contribution in [0.3, 0.4) is 0 Å². The van der Waals surface area contributed by atoms with Crippen molar-refractivity contribution in [2.24, 2.45) is 0 Å². The summed E-state index contributed by atoms with van der Waals surface area (Å²) in [5.41, 5.74) is 2.45. The summed E-state index contributed by atoms with van der Waals surface area (Å²) in [4.78, 5) is 24.0. The minimum atomic E-state index is -0.758. The molecule has 2 aromatic rings. The van der Waals surface area contributed by atoms with Gasteiger partial charge in [0.1, 0.15) is 5.82 Å². The number of anilines is 1. The highest BCUT2D eigenvalue weighted by Gasteiger charge is 2.15. The van der Waals surface area contributed by atoms with Crippen molar-refractivity contribution in [3.8, 4) is 0 Å². The van der Waals surface area contributed by atoms with Crippen LogP contribution in [0.4, 0.5) is 10.1 Å². The summed E-state index contributed by atoms with van der Waals surface area (Å²) >= 11 is 11.5. The van der Waals surface area contributed by atoms with Crippen molar-refractivity contribution < 1.29 is 14.0 Å². The molecule has 0 saturated heterocycles. The number of rotatable bonds is 4. The molecule has 2 N–H and O–H groups in total. The fraction of sp³-hybridized carbons (Fsp3) is 0.176. The molecule has 0 heterocycles. The van der Waals surface area contributed by atoms with Crippen molar-refractivity contribution in [3.63, 3.8) is 0 Å². The largest absolute Gasteiger partial charge is 0.343 e. The Labute approximate surface area is 149 Å². The van der Waals surface area contributed by atoms with Crippen molar-refractivity contribution in [2.75, 3.05) is 11.9 Å². The lowest BCUT2D eigenvalue weighted by Crippen LogP contribution is -2.33. The van der Waals surface area contributed by atoms with Crippen LogP contribution in [0.25, 0.3) is 0 Å². The molecule has 0 aliphatic carbocycles. The van der Waals surface area contributed by atoms with Gasteiger partial charge >= 0.3 is 0 Å². The van der Waals surface area contributed by atoms with E-state index in [1.807, 2.05) is 32.0 Å². The van der Waals surface area contributed by atoms with Crippen LogP contribution in [-0.4, -0.2) is 18.4 Å². The monoisotopic (exact) mass is 368 g/mol.